The lowest BCUT2D eigenvalue weighted by atomic mass is 10.1. The minimum Gasteiger partial charge on any atom is -0.337 e. The summed E-state index contributed by atoms with van der Waals surface area (Å²) in [6.07, 6.45) is 0.924. The van der Waals surface area contributed by atoms with Crippen molar-refractivity contribution in [3.63, 3.8) is 0 Å². The number of hydrogen-bond donors (Lipinski definition) is 0. The summed E-state index contributed by atoms with van der Waals surface area (Å²) in [5.74, 6) is 0.116. The zero-order valence-corrected chi connectivity index (χ0v) is 14.2. The summed E-state index contributed by atoms with van der Waals surface area (Å²) in [4.78, 5) is 27.0. The van der Waals surface area contributed by atoms with Crippen molar-refractivity contribution in [3.05, 3.63) is 56.3 Å². The van der Waals surface area contributed by atoms with Crippen LogP contribution in [0.1, 0.15) is 17.4 Å². The van der Waals surface area contributed by atoms with Gasteiger partial charge in [0.1, 0.15) is 0 Å². The number of rotatable bonds is 4. The molecule has 0 spiro atoms. The number of benzene rings is 1. The zero-order chi connectivity index (χ0) is 16.4. The molecular formula is C16H16N2O3S2. The third kappa shape index (κ3) is 3.56. The van der Waals surface area contributed by atoms with E-state index in [0.29, 0.717) is 6.54 Å². The first kappa shape index (κ1) is 16.0. The van der Waals surface area contributed by atoms with Gasteiger partial charge in [-0.15, -0.1) is 23.1 Å². The smallest absolute Gasteiger partial charge is 0.269 e. The van der Waals surface area contributed by atoms with Crippen LogP contribution in [0, 0.1) is 10.1 Å². The molecule has 23 heavy (non-hydrogen) atoms. The highest BCUT2D eigenvalue weighted by Crippen LogP contribution is 2.29. The highest BCUT2D eigenvalue weighted by atomic mass is 32.2. The van der Waals surface area contributed by atoms with Gasteiger partial charge in [-0.1, -0.05) is 0 Å². The van der Waals surface area contributed by atoms with E-state index in [9.17, 15) is 14.9 Å². The number of nitrogens with zero attached hydrogens (tertiary/aromatic N) is 2. The molecular weight excluding hydrogens is 332 g/mol. The second-order valence-electron chi connectivity index (χ2n) is 5.39. The van der Waals surface area contributed by atoms with Crippen LogP contribution in [-0.2, 0) is 17.8 Å². The average Bonchev–Trinajstić information content (AvgIpc) is 3.02. The van der Waals surface area contributed by atoms with Crippen molar-refractivity contribution in [1.82, 2.24) is 4.90 Å². The molecule has 0 saturated heterocycles. The fourth-order valence-corrected chi connectivity index (χ4v) is 4.44. The summed E-state index contributed by atoms with van der Waals surface area (Å²) in [6.45, 7) is 3.33. The van der Waals surface area contributed by atoms with E-state index >= 15 is 0 Å². The van der Waals surface area contributed by atoms with Crippen LogP contribution in [-0.4, -0.2) is 27.5 Å². The first-order valence-corrected chi connectivity index (χ1v) is 9.05. The fraction of sp³-hybridized carbons (Fsp3) is 0.312. The van der Waals surface area contributed by atoms with E-state index in [4.69, 9.17) is 0 Å². The van der Waals surface area contributed by atoms with E-state index < -0.39 is 4.92 Å². The lowest BCUT2D eigenvalue weighted by Gasteiger charge is -2.29. The minimum atomic E-state index is -0.421. The molecule has 120 valence electrons. The molecule has 0 fully saturated rings. The number of hydrogen-bond acceptors (Lipinski definition) is 5. The highest BCUT2D eigenvalue weighted by molar-refractivity contribution is 8.00. The van der Waals surface area contributed by atoms with Crippen LogP contribution in [0.2, 0.25) is 0 Å². The van der Waals surface area contributed by atoms with Crippen LogP contribution in [0.5, 0.6) is 0 Å². The summed E-state index contributed by atoms with van der Waals surface area (Å²) < 4.78 is 0. The van der Waals surface area contributed by atoms with E-state index in [2.05, 4.69) is 11.4 Å². The Bertz CT molecular complexity index is 727. The number of nitro groups is 1. The maximum absolute atomic E-state index is 12.6. The van der Waals surface area contributed by atoms with Crippen molar-refractivity contribution in [3.8, 4) is 0 Å². The van der Waals surface area contributed by atoms with E-state index in [1.54, 1.807) is 23.5 Å². The third-order valence-electron chi connectivity index (χ3n) is 3.83. The molecule has 1 aromatic carbocycles. The molecule has 7 heteroatoms. The van der Waals surface area contributed by atoms with Gasteiger partial charge in [-0.25, -0.2) is 0 Å². The minimum absolute atomic E-state index is 0.0642. The Balaban J connectivity index is 1.63. The monoisotopic (exact) mass is 348 g/mol. The van der Waals surface area contributed by atoms with Crippen LogP contribution in [0.3, 0.4) is 0 Å². The molecule has 1 atom stereocenters. The summed E-state index contributed by atoms with van der Waals surface area (Å²) in [5.41, 5.74) is 1.32. The molecule has 0 N–H and O–H groups in total. The highest BCUT2D eigenvalue weighted by Gasteiger charge is 2.25. The topological polar surface area (TPSA) is 63.5 Å². The van der Waals surface area contributed by atoms with Crippen LogP contribution >= 0.6 is 23.1 Å². The van der Waals surface area contributed by atoms with Crippen molar-refractivity contribution in [2.75, 3.05) is 6.54 Å². The van der Waals surface area contributed by atoms with Crippen LogP contribution in [0.4, 0.5) is 5.69 Å². The first-order valence-electron chi connectivity index (χ1n) is 7.30. The SMILES string of the molecule is C[C@@H](Sc1ccc([N+](=O)[O-])cc1)C(=O)N1CCc2sccc2C1. The van der Waals surface area contributed by atoms with E-state index in [0.717, 1.165) is 17.9 Å². The zero-order valence-electron chi connectivity index (χ0n) is 12.6. The summed E-state index contributed by atoms with van der Waals surface area (Å²) in [5, 5.41) is 12.5. The Hall–Kier alpha value is -1.86. The molecule has 1 amide bonds. The predicted molar refractivity (Wildman–Crippen MR) is 91.9 cm³/mol. The van der Waals surface area contributed by atoms with Gasteiger partial charge in [-0.05, 0) is 42.5 Å². The lowest BCUT2D eigenvalue weighted by Crippen LogP contribution is -2.39. The molecule has 1 aliphatic heterocycles. The molecule has 0 bridgehead atoms. The van der Waals surface area contributed by atoms with Gasteiger partial charge < -0.3 is 4.90 Å². The van der Waals surface area contributed by atoms with Gasteiger partial charge in [0.05, 0.1) is 10.2 Å². The number of non-ortho nitro benzene ring substituents is 1. The van der Waals surface area contributed by atoms with E-state index in [-0.39, 0.29) is 16.8 Å². The summed E-state index contributed by atoms with van der Waals surface area (Å²) >= 11 is 3.19. The molecule has 2 heterocycles. The maximum Gasteiger partial charge on any atom is 0.269 e. The van der Waals surface area contributed by atoms with Crippen molar-refractivity contribution >= 4 is 34.7 Å². The van der Waals surface area contributed by atoms with Gasteiger partial charge in [-0.2, -0.15) is 0 Å². The second-order valence-corrected chi connectivity index (χ2v) is 7.80. The first-order chi connectivity index (χ1) is 11.0. The van der Waals surface area contributed by atoms with Crippen molar-refractivity contribution in [1.29, 1.82) is 0 Å². The fourth-order valence-electron chi connectivity index (χ4n) is 2.59. The number of thiophene rings is 1. The van der Waals surface area contributed by atoms with Crippen molar-refractivity contribution < 1.29 is 9.72 Å². The Morgan fingerprint density at radius 3 is 2.78 bits per heavy atom. The second kappa shape index (κ2) is 6.72. The number of thioether (sulfide) groups is 1. The number of carbonyl (C=O) groups is 1. The Kier molecular flexibility index (Phi) is 4.68. The average molecular weight is 348 g/mol. The van der Waals surface area contributed by atoms with Gasteiger partial charge >= 0.3 is 0 Å². The van der Waals surface area contributed by atoms with Crippen molar-refractivity contribution in [2.45, 2.75) is 30.0 Å². The van der Waals surface area contributed by atoms with Crippen molar-refractivity contribution in [2.24, 2.45) is 0 Å². The largest absolute Gasteiger partial charge is 0.337 e. The third-order valence-corrected chi connectivity index (χ3v) is 5.95. The van der Waals surface area contributed by atoms with Gasteiger partial charge in [0.2, 0.25) is 5.91 Å². The van der Waals surface area contributed by atoms with Crippen LogP contribution < -0.4 is 0 Å². The maximum atomic E-state index is 12.6. The Morgan fingerprint density at radius 2 is 2.09 bits per heavy atom. The molecule has 0 radical (unpaired) electrons. The molecule has 2 aromatic rings. The molecule has 1 aromatic heterocycles. The lowest BCUT2D eigenvalue weighted by molar-refractivity contribution is -0.384. The van der Waals surface area contributed by atoms with Gasteiger partial charge in [0.25, 0.3) is 5.69 Å². The van der Waals surface area contributed by atoms with Gasteiger partial charge in [0.15, 0.2) is 0 Å². The van der Waals surface area contributed by atoms with Crippen LogP contribution in [0.25, 0.3) is 0 Å². The van der Waals surface area contributed by atoms with Gasteiger partial charge in [0, 0.05) is 35.0 Å². The normalized spacial score (nSPS) is 15.1. The summed E-state index contributed by atoms with van der Waals surface area (Å²) in [6, 6.07) is 8.42. The standard InChI is InChI=1S/C16H16N2O3S2/c1-11(23-14-4-2-13(3-5-14)18(20)21)16(19)17-8-6-15-12(10-17)7-9-22-15/h2-5,7,9,11H,6,8,10H2,1H3/t11-/m1/s1. The predicted octanol–water partition coefficient (Wildman–Crippen LogP) is 3.72. The molecule has 3 rings (SSSR count). The molecule has 0 aliphatic carbocycles. The van der Waals surface area contributed by atoms with Crippen LogP contribution in [0.15, 0.2) is 40.6 Å². The quantitative estimate of drug-likeness (QED) is 0.480. The molecule has 0 saturated carbocycles. The van der Waals surface area contributed by atoms with E-state index in [1.807, 2.05) is 11.8 Å². The molecule has 0 unspecified atom stereocenters. The van der Waals surface area contributed by atoms with Gasteiger partial charge in [-0.3, -0.25) is 14.9 Å². The number of carbonyl (C=O) groups excluding carboxylic acids is 1. The molecule has 1 aliphatic rings. The number of fused-ring (bicyclic) bond motifs is 1. The Labute approximate surface area is 142 Å². The van der Waals surface area contributed by atoms with E-state index in [1.165, 1.54) is 34.3 Å². The molecule has 5 nitrogen and oxygen atoms in total. The summed E-state index contributed by atoms with van der Waals surface area (Å²) in [7, 11) is 0. The number of nitro benzene ring substituents is 1. The Morgan fingerprint density at radius 1 is 1.35 bits per heavy atom. The number of amides is 1.